The van der Waals surface area contributed by atoms with E-state index in [4.69, 9.17) is 15.2 Å². The van der Waals surface area contributed by atoms with E-state index < -0.39 is 5.91 Å². The fourth-order valence-corrected chi connectivity index (χ4v) is 3.13. The van der Waals surface area contributed by atoms with Gasteiger partial charge in [0.15, 0.2) is 0 Å². The number of carbonyl (C=O) groups excluding carboxylic acids is 2. The third kappa shape index (κ3) is 4.84. The van der Waals surface area contributed by atoms with Gasteiger partial charge in [-0.25, -0.2) is 0 Å². The second kappa shape index (κ2) is 9.77. The van der Waals surface area contributed by atoms with E-state index in [9.17, 15) is 14.7 Å². The number of fused-ring (bicyclic) bond motifs is 1. The van der Waals surface area contributed by atoms with Gasteiger partial charge < -0.3 is 20.3 Å². The van der Waals surface area contributed by atoms with Gasteiger partial charge in [-0.1, -0.05) is 30.3 Å². The van der Waals surface area contributed by atoms with Crippen LogP contribution in [0.15, 0.2) is 66.7 Å². The summed E-state index contributed by atoms with van der Waals surface area (Å²) in [5, 5.41) is 9.76. The molecule has 0 saturated carbocycles. The van der Waals surface area contributed by atoms with Crippen LogP contribution in [0.3, 0.4) is 0 Å². The van der Waals surface area contributed by atoms with Crippen molar-refractivity contribution in [3.63, 3.8) is 0 Å². The predicted octanol–water partition coefficient (Wildman–Crippen LogP) is 3.35. The topological polar surface area (TPSA) is 102 Å². The van der Waals surface area contributed by atoms with E-state index in [1.54, 1.807) is 50.6 Å². The number of phenols is 1. The second-order valence-corrected chi connectivity index (χ2v) is 6.80. The molecule has 7 heteroatoms. The molecular weight excluding hydrogens is 396 g/mol. The molecular formula is C24H24N2O5. The van der Waals surface area contributed by atoms with Crippen LogP contribution in [0.2, 0.25) is 0 Å². The van der Waals surface area contributed by atoms with Gasteiger partial charge >= 0.3 is 0 Å². The molecule has 0 fully saturated rings. The van der Waals surface area contributed by atoms with E-state index in [0.717, 1.165) is 21.8 Å². The van der Waals surface area contributed by atoms with Crippen LogP contribution in [0.5, 0.6) is 17.2 Å². The zero-order valence-corrected chi connectivity index (χ0v) is 17.4. The summed E-state index contributed by atoms with van der Waals surface area (Å²) in [5.41, 5.74) is 7.66. The first-order valence-electron chi connectivity index (χ1n) is 9.62. The van der Waals surface area contributed by atoms with Crippen molar-refractivity contribution in [3.8, 4) is 17.2 Å². The smallest absolute Gasteiger partial charge is 0.265 e. The second-order valence-electron chi connectivity index (χ2n) is 6.80. The van der Waals surface area contributed by atoms with Crippen LogP contribution in [0.4, 0.5) is 0 Å². The Labute approximate surface area is 180 Å². The van der Waals surface area contributed by atoms with Gasteiger partial charge in [0.2, 0.25) is 0 Å². The molecule has 0 spiro atoms. The summed E-state index contributed by atoms with van der Waals surface area (Å²) in [7, 11) is 3.22. The third-order valence-electron chi connectivity index (χ3n) is 4.87. The molecule has 160 valence electrons. The lowest BCUT2D eigenvalue weighted by molar-refractivity contribution is 0.0641. The summed E-state index contributed by atoms with van der Waals surface area (Å²) in [4.78, 5) is 25.7. The third-order valence-corrected chi connectivity index (χ3v) is 4.87. The van der Waals surface area contributed by atoms with Gasteiger partial charge in [0.25, 0.3) is 11.8 Å². The molecule has 31 heavy (non-hydrogen) atoms. The Hall–Kier alpha value is -3.84. The Balaban J connectivity index is 0.000000229. The quantitative estimate of drug-likeness (QED) is 0.614. The average molecular weight is 420 g/mol. The average Bonchev–Trinajstić information content (AvgIpc) is 3.05. The molecule has 1 heterocycles. The number of hydrogen-bond donors (Lipinski definition) is 2. The fraction of sp³-hybridized carbons (Fsp3) is 0.167. The van der Waals surface area contributed by atoms with E-state index in [2.05, 4.69) is 0 Å². The van der Waals surface area contributed by atoms with Gasteiger partial charge in [0, 0.05) is 6.54 Å². The van der Waals surface area contributed by atoms with Crippen LogP contribution >= 0.6 is 0 Å². The first kappa shape index (κ1) is 21.9. The number of nitrogens with two attached hydrogens (primary N) is 1. The Morgan fingerprint density at radius 1 is 0.806 bits per heavy atom. The van der Waals surface area contributed by atoms with Crippen molar-refractivity contribution in [2.24, 2.45) is 5.73 Å². The SMILES string of the molecule is COc1ccc(CN)cc1.COc1ccc(CN2C(=O)c3cccc(O)c3C2=O)cc1. The molecule has 1 aliphatic rings. The highest BCUT2D eigenvalue weighted by molar-refractivity contribution is 6.22. The van der Waals surface area contributed by atoms with E-state index in [1.807, 2.05) is 24.3 Å². The summed E-state index contributed by atoms with van der Waals surface area (Å²) in [5.74, 6) is 0.560. The Bertz CT molecular complexity index is 1040. The van der Waals surface area contributed by atoms with Crippen molar-refractivity contribution in [1.29, 1.82) is 0 Å². The number of nitrogens with zero attached hydrogens (tertiary/aromatic N) is 1. The van der Waals surface area contributed by atoms with Gasteiger partial charge in [0.1, 0.15) is 17.2 Å². The summed E-state index contributed by atoms with van der Waals surface area (Å²) in [6.45, 7) is 0.750. The molecule has 0 saturated heterocycles. The molecule has 7 nitrogen and oxygen atoms in total. The monoisotopic (exact) mass is 420 g/mol. The lowest BCUT2D eigenvalue weighted by Gasteiger charge is -2.14. The van der Waals surface area contributed by atoms with Crippen LogP contribution in [-0.2, 0) is 13.1 Å². The van der Waals surface area contributed by atoms with Crippen molar-refractivity contribution >= 4 is 11.8 Å². The predicted molar refractivity (Wildman–Crippen MR) is 116 cm³/mol. The minimum Gasteiger partial charge on any atom is -0.507 e. The van der Waals surface area contributed by atoms with Gasteiger partial charge in [-0.05, 0) is 47.5 Å². The van der Waals surface area contributed by atoms with E-state index >= 15 is 0 Å². The molecule has 0 unspecified atom stereocenters. The number of phenolic OH excluding ortho intramolecular Hbond substituents is 1. The van der Waals surface area contributed by atoms with Crippen LogP contribution in [0, 0.1) is 0 Å². The Morgan fingerprint density at radius 2 is 1.35 bits per heavy atom. The largest absolute Gasteiger partial charge is 0.507 e. The normalized spacial score (nSPS) is 12.2. The Morgan fingerprint density at radius 3 is 1.84 bits per heavy atom. The maximum atomic E-state index is 12.3. The van der Waals surface area contributed by atoms with Crippen molar-refractivity contribution < 1.29 is 24.2 Å². The summed E-state index contributed by atoms with van der Waals surface area (Å²) < 4.78 is 10.0. The maximum absolute atomic E-state index is 12.3. The van der Waals surface area contributed by atoms with Crippen LogP contribution < -0.4 is 15.2 Å². The Kier molecular flexibility index (Phi) is 6.89. The van der Waals surface area contributed by atoms with Crippen LogP contribution in [-0.4, -0.2) is 36.0 Å². The first-order chi connectivity index (χ1) is 15.0. The number of carbonyl (C=O) groups is 2. The number of amides is 2. The fourth-order valence-electron chi connectivity index (χ4n) is 3.13. The number of rotatable bonds is 5. The minimum atomic E-state index is -0.469. The molecule has 3 N–H and O–H groups in total. The molecule has 1 aliphatic heterocycles. The van der Waals surface area contributed by atoms with Gasteiger partial charge in [-0.15, -0.1) is 0 Å². The van der Waals surface area contributed by atoms with Gasteiger partial charge in [-0.2, -0.15) is 0 Å². The lowest BCUT2D eigenvalue weighted by Crippen LogP contribution is -2.29. The highest BCUT2D eigenvalue weighted by Gasteiger charge is 2.37. The molecule has 3 aromatic carbocycles. The van der Waals surface area contributed by atoms with Gasteiger partial charge in [0.05, 0.1) is 31.9 Å². The van der Waals surface area contributed by atoms with E-state index in [-0.39, 0.29) is 29.3 Å². The molecule has 4 rings (SSSR count). The number of benzene rings is 3. The van der Waals surface area contributed by atoms with Crippen molar-refractivity contribution in [2.45, 2.75) is 13.1 Å². The van der Waals surface area contributed by atoms with E-state index in [0.29, 0.717) is 12.3 Å². The number of hydrogen-bond acceptors (Lipinski definition) is 6. The highest BCUT2D eigenvalue weighted by Crippen LogP contribution is 2.31. The highest BCUT2D eigenvalue weighted by atomic mass is 16.5. The van der Waals surface area contributed by atoms with Crippen molar-refractivity contribution in [3.05, 3.63) is 89.0 Å². The molecule has 3 aromatic rings. The lowest BCUT2D eigenvalue weighted by atomic mass is 10.1. The molecule has 0 radical (unpaired) electrons. The van der Waals surface area contributed by atoms with Gasteiger partial charge in [-0.3, -0.25) is 14.5 Å². The molecule has 0 atom stereocenters. The summed E-state index contributed by atoms with van der Waals surface area (Å²) >= 11 is 0. The van der Waals surface area contributed by atoms with E-state index in [1.165, 1.54) is 6.07 Å². The van der Waals surface area contributed by atoms with Crippen molar-refractivity contribution in [2.75, 3.05) is 14.2 Å². The molecule has 0 bridgehead atoms. The summed E-state index contributed by atoms with van der Waals surface area (Å²) in [6, 6.07) is 19.4. The number of aromatic hydroxyl groups is 1. The number of imide groups is 1. The zero-order chi connectivity index (χ0) is 22.4. The van der Waals surface area contributed by atoms with Crippen LogP contribution in [0.1, 0.15) is 31.8 Å². The van der Waals surface area contributed by atoms with Crippen LogP contribution in [0.25, 0.3) is 0 Å². The standard InChI is InChI=1S/C16H13NO4.C8H11NO/c1-21-11-7-5-10(6-8-11)9-17-15(19)12-3-2-4-13(18)14(12)16(17)20;1-10-8-4-2-7(6-9)3-5-8/h2-8,18H,9H2,1H3;2-5H,6,9H2,1H3. The number of ether oxygens (including phenoxy) is 2. The molecule has 0 aromatic heterocycles. The molecule has 2 amide bonds. The minimum absolute atomic E-state index is 0.0796. The maximum Gasteiger partial charge on any atom is 0.265 e. The number of methoxy groups -OCH3 is 2. The summed E-state index contributed by atoms with van der Waals surface area (Å²) in [6.07, 6.45) is 0. The zero-order valence-electron chi connectivity index (χ0n) is 17.4. The van der Waals surface area contributed by atoms with Crippen molar-refractivity contribution in [1.82, 2.24) is 4.90 Å². The first-order valence-corrected chi connectivity index (χ1v) is 9.62. The molecule has 0 aliphatic carbocycles.